The number of rotatable bonds is 6. The summed E-state index contributed by atoms with van der Waals surface area (Å²) >= 11 is 13.2. The van der Waals surface area contributed by atoms with E-state index in [0.717, 1.165) is 42.5 Å². The molecule has 0 fully saturated rings. The maximum absolute atomic E-state index is 12.3. The van der Waals surface area contributed by atoms with Gasteiger partial charge in [0.1, 0.15) is 5.00 Å². The summed E-state index contributed by atoms with van der Waals surface area (Å²) in [5.74, 6) is -0.837. The van der Waals surface area contributed by atoms with Gasteiger partial charge in [-0.3, -0.25) is 4.79 Å². The molecule has 0 bridgehead atoms. The van der Waals surface area contributed by atoms with Gasteiger partial charge in [-0.1, -0.05) is 40.8 Å². The smallest absolute Gasteiger partial charge is 0.341 e. The van der Waals surface area contributed by atoms with E-state index in [1.165, 1.54) is 24.7 Å². The van der Waals surface area contributed by atoms with Crippen LogP contribution in [0.3, 0.4) is 0 Å². The van der Waals surface area contributed by atoms with Gasteiger partial charge in [0.15, 0.2) is 6.61 Å². The summed E-state index contributed by atoms with van der Waals surface area (Å²) < 4.78 is 4.93. The van der Waals surface area contributed by atoms with E-state index < -0.39 is 11.9 Å². The fourth-order valence-corrected chi connectivity index (χ4v) is 4.70. The van der Waals surface area contributed by atoms with Crippen LogP contribution < -0.4 is 5.32 Å². The number of aryl methyl sites for hydroxylation is 1. The van der Waals surface area contributed by atoms with Crippen LogP contribution in [0.4, 0.5) is 5.00 Å². The van der Waals surface area contributed by atoms with Crippen LogP contribution in [-0.2, 0) is 27.2 Å². The minimum atomic E-state index is -0.432. The largest absolute Gasteiger partial charge is 0.465 e. The van der Waals surface area contributed by atoms with Crippen LogP contribution >= 0.6 is 34.5 Å². The van der Waals surface area contributed by atoms with Crippen molar-refractivity contribution in [3.63, 3.8) is 0 Å². The number of halogens is 2. The molecule has 6 nitrogen and oxygen atoms in total. The quantitative estimate of drug-likeness (QED) is 0.285. The van der Waals surface area contributed by atoms with E-state index in [9.17, 15) is 9.59 Å². The minimum absolute atomic E-state index is 0.291. The number of hydrogen-bond acceptors (Lipinski definition) is 6. The summed E-state index contributed by atoms with van der Waals surface area (Å²) in [7, 11) is 1.34. The topological polar surface area (TPSA) is 77.0 Å². The molecule has 0 spiro atoms. The first kappa shape index (κ1) is 21.6. The second kappa shape index (κ2) is 10.1. The van der Waals surface area contributed by atoms with Crippen molar-refractivity contribution in [1.29, 1.82) is 0 Å². The number of fused-ring (bicyclic) bond motifs is 1. The molecule has 9 heteroatoms. The summed E-state index contributed by atoms with van der Waals surface area (Å²) in [6.07, 6.45) is 6.39. The zero-order valence-electron chi connectivity index (χ0n) is 15.8. The number of nitrogens with one attached hydrogen (secondary N) is 1. The monoisotopic (exact) mass is 454 g/mol. The molecular formula is C20H20Cl2N2O4S. The molecule has 1 heterocycles. The fourth-order valence-electron chi connectivity index (χ4n) is 3.10. The van der Waals surface area contributed by atoms with Crippen molar-refractivity contribution in [1.82, 2.24) is 0 Å². The summed E-state index contributed by atoms with van der Waals surface area (Å²) in [6, 6.07) is 5.01. The van der Waals surface area contributed by atoms with Gasteiger partial charge in [0.25, 0.3) is 5.91 Å². The zero-order chi connectivity index (χ0) is 20.8. The molecular weight excluding hydrogens is 435 g/mol. The number of esters is 1. The molecule has 1 aliphatic carbocycles. The van der Waals surface area contributed by atoms with Crippen molar-refractivity contribution in [2.45, 2.75) is 32.1 Å². The molecule has 1 aliphatic rings. The molecule has 1 aromatic carbocycles. The SMILES string of the molecule is COC(=O)c1c(NC(=O)CO/N=C\c2ccc(Cl)c(Cl)c2)sc2c1CCCCC2. The van der Waals surface area contributed by atoms with E-state index in [4.69, 9.17) is 32.8 Å². The first-order valence-electron chi connectivity index (χ1n) is 9.12. The Kier molecular flexibility index (Phi) is 7.52. The van der Waals surface area contributed by atoms with E-state index in [0.29, 0.717) is 26.2 Å². The molecule has 3 rings (SSSR count). The Hall–Kier alpha value is -2.09. The van der Waals surface area contributed by atoms with Gasteiger partial charge in [-0.15, -0.1) is 11.3 Å². The van der Waals surface area contributed by atoms with Crippen molar-refractivity contribution < 1.29 is 19.2 Å². The third-order valence-electron chi connectivity index (χ3n) is 4.48. The average molecular weight is 455 g/mol. The van der Waals surface area contributed by atoms with Crippen LogP contribution in [0.15, 0.2) is 23.4 Å². The number of nitrogens with zero attached hydrogens (tertiary/aromatic N) is 1. The first-order chi connectivity index (χ1) is 14.0. The molecule has 29 heavy (non-hydrogen) atoms. The Labute approximate surface area is 182 Å². The highest BCUT2D eigenvalue weighted by atomic mass is 35.5. The molecule has 154 valence electrons. The Morgan fingerprint density at radius 2 is 2.00 bits per heavy atom. The molecule has 1 aromatic heterocycles. The summed E-state index contributed by atoms with van der Waals surface area (Å²) in [5, 5.41) is 7.88. The van der Waals surface area contributed by atoms with E-state index in [2.05, 4.69) is 10.5 Å². The lowest BCUT2D eigenvalue weighted by Crippen LogP contribution is -2.18. The highest BCUT2D eigenvalue weighted by Crippen LogP contribution is 2.37. The fraction of sp³-hybridized carbons (Fsp3) is 0.350. The average Bonchev–Trinajstić information content (AvgIpc) is 2.87. The molecule has 0 saturated carbocycles. The number of thiophene rings is 1. The summed E-state index contributed by atoms with van der Waals surface area (Å²) in [6.45, 7) is -0.291. The predicted octanol–water partition coefficient (Wildman–Crippen LogP) is 5.10. The predicted molar refractivity (Wildman–Crippen MR) is 116 cm³/mol. The van der Waals surface area contributed by atoms with Gasteiger partial charge in [0.05, 0.1) is 28.9 Å². The molecule has 0 atom stereocenters. The molecule has 0 radical (unpaired) electrons. The lowest BCUT2D eigenvalue weighted by atomic mass is 10.1. The molecule has 1 amide bonds. The van der Waals surface area contributed by atoms with Gasteiger partial charge < -0.3 is 14.9 Å². The minimum Gasteiger partial charge on any atom is -0.465 e. The number of anilines is 1. The van der Waals surface area contributed by atoms with Crippen LogP contribution in [-0.4, -0.2) is 31.8 Å². The zero-order valence-corrected chi connectivity index (χ0v) is 18.1. The van der Waals surface area contributed by atoms with Gasteiger partial charge in [-0.25, -0.2) is 4.79 Å². The number of amides is 1. The second-order valence-electron chi connectivity index (χ2n) is 6.49. The lowest BCUT2D eigenvalue weighted by Gasteiger charge is -2.07. The Morgan fingerprint density at radius 3 is 2.76 bits per heavy atom. The van der Waals surface area contributed by atoms with Crippen molar-refractivity contribution >= 4 is 57.6 Å². The Bertz CT molecular complexity index is 943. The van der Waals surface area contributed by atoms with Crippen molar-refractivity contribution in [3.8, 4) is 0 Å². The maximum atomic E-state index is 12.3. The number of carbonyl (C=O) groups excluding carboxylic acids is 2. The third kappa shape index (κ3) is 5.50. The number of benzene rings is 1. The van der Waals surface area contributed by atoms with Gasteiger partial charge in [-0.05, 0) is 48.9 Å². The molecule has 2 aromatic rings. The lowest BCUT2D eigenvalue weighted by molar-refractivity contribution is -0.120. The van der Waals surface area contributed by atoms with Crippen molar-refractivity contribution in [2.24, 2.45) is 5.16 Å². The highest BCUT2D eigenvalue weighted by Gasteiger charge is 2.26. The van der Waals surface area contributed by atoms with Crippen LogP contribution in [0.1, 0.15) is 45.6 Å². The van der Waals surface area contributed by atoms with E-state index in [-0.39, 0.29) is 6.61 Å². The van der Waals surface area contributed by atoms with Crippen molar-refractivity contribution in [2.75, 3.05) is 19.0 Å². The summed E-state index contributed by atoms with van der Waals surface area (Å²) in [4.78, 5) is 30.8. The van der Waals surface area contributed by atoms with E-state index in [1.807, 2.05) is 0 Å². The van der Waals surface area contributed by atoms with Gasteiger partial charge in [0, 0.05) is 4.88 Å². The molecule has 0 saturated heterocycles. The van der Waals surface area contributed by atoms with Gasteiger partial charge in [0.2, 0.25) is 0 Å². The number of carbonyl (C=O) groups is 2. The molecule has 0 unspecified atom stereocenters. The van der Waals surface area contributed by atoms with Crippen LogP contribution in [0, 0.1) is 0 Å². The second-order valence-corrected chi connectivity index (χ2v) is 8.41. The standard InChI is InChI=1S/C20H20Cl2N2O4S/c1-27-20(26)18-13-5-3-2-4-6-16(13)29-19(18)24-17(25)11-28-23-10-12-7-8-14(21)15(22)9-12/h7-10H,2-6,11H2,1H3,(H,24,25)/b23-10-. The van der Waals surface area contributed by atoms with E-state index in [1.54, 1.807) is 18.2 Å². The summed E-state index contributed by atoms with van der Waals surface area (Å²) in [5.41, 5.74) is 2.14. The van der Waals surface area contributed by atoms with Gasteiger partial charge in [-0.2, -0.15) is 0 Å². The van der Waals surface area contributed by atoms with Crippen LogP contribution in [0.2, 0.25) is 10.0 Å². The molecule has 0 aliphatic heterocycles. The van der Waals surface area contributed by atoms with Crippen molar-refractivity contribution in [3.05, 3.63) is 49.8 Å². The van der Waals surface area contributed by atoms with Crippen LogP contribution in [0.25, 0.3) is 0 Å². The first-order valence-corrected chi connectivity index (χ1v) is 10.7. The number of methoxy groups -OCH3 is 1. The van der Waals surface area contributed by atoms with E-state index >= 15 is 0 Å². The normalized spacial score (nSPS) is 13.6. The van der Waals surface area contributed by atoms with Crippen LogP contribution in [0.5, 0.6) is 0 Å². The highest BCUT2D eigenvalue weighted by molar-refractivity contribution is 7.17. The Balaban J connectivity index is 1.63. The number of oxime groups is 1. The van der Waals surface area contributed by atoms with Gasteiger partial charge >= 0.3 is 5.97 Å². The maximum Gasteiger partial charge on any atom is 0.341 e. The Morgan fingerprint density at radius 1 is 1.21 bits per heavy atom. The number of hydrogen-bond donors (Lipinski definition) is 1. The third-order valence-corrected chi connectivity index (χ3v) is 6.43. The number of ether oxygens (including phenoxy) is 1. The molecule has 1 N–H and O–H groups in total.